The van der Waals surface area contributed by atoms with E-state index in [9.17, 15) is 18.0 Å². The van der Waals surface area contributed by atoms with Crippen molar-refractivity contribution in [3.8, 4) is 0 Å². The number of nitrogens with one attached hydrogen (secondary N) is 2. The Labute approximate surface area is 195 Å². The maximum Gasteiger partial charge on any atom is 0.291 e. The van der Waals surface area contributed by atoms with E-state index in [1.807, 2.05) is 0 Å². The molecule has 1 aliphatic heterocycles. The number of halogens is 1. The Kier molecular flexibility index (Phi) is 6.80. The standard InChI is InChI=1S/C22H20ClN3O6S/c23-18-8-7-17(14-20(18)33(29,30)26-9-12-31-13-10-26)25-21(27)15-3-5-16(6-4-15)24-22(28)19-2-1-11-32-19/h1-8,11,14H,9-10,12-13H2,(H,24,28)(H,25,27). The molecule has 0 atom stereocenters. The zero-order valence-corrected chi connectivity index (χ0v) is 18.9. The van der Waals surface area contributed by atoms with Gasteiger partial charge >= 0.3 is 0 Å². The number of ether oxygens (including phenoxy) is 1. The number of amides is 2. The SMILES string of the molecule is O=C(Nc1ccc(Cl)c(S(=O)(=O)N2CCOCC2)c1)c1ccc(NC(=O)c2ccco2)cc1. The number of rotatable bonds is 6. The lowest BCUT2D eigenvalue weighted by molar-refractivity contribution is 0.0730. The number of hydrogen-bond acceptors (Lipinski definition) is 6. The molecule has 0 radical (unpaired) electrons. The summed E-state index contributed by atoms with van der Waals surface area (Å²) in [6, 6.07) is 13.7. The van der Waals surface area contributed by atoms with Crippen LogP contribution in [0, 0.1) is 0 Å². The number of furan rings is 1. The second kappa shape index (κ2) is 9.75. The Morgan fingerprint density at radius 3 is 2.24 bits per heavy atom. The average Bonchev–Trinajstić information content (AvgIpc) is 3.36. The van der Waals surface area contributed by atoms with Gasteiger partial charge in [-0.25, -0.2) is 8.42 Å². The number of anilines is 2. The van der Waals surface area contributed by atoms with Crippen LogP contribution in [-0.2, 0) is 14.8 Å². The summed E-state index contributed by atoms with van der Waals surface area (Å²) in [7, 11) is -3.83. The minimum Gasteiger partial charge on any atom is -0.459 e. The first kappa shape index (κ1) is 23.0. The Morgan fingerprint density at radius 2 is 1.58 bits per heavy atom. The summed E-state index contributed by atoms with van der Waals surface area (Å²) >= 11 is 6.16. The molecule has 2 heterocycles. The Balaban J connectivity index is 1.46. The predicted octanol–water partition coefficient (Wildman–Crippen LogP) is 3.46. The quantitative estimate of drug-likeness (QED) is 0.547. The molecule has 0 aliphatic carbocycles. The van der Waals surface area contributed by atoms with Gasteiger partial charge in [-0.1, -0.05) is 11.6 Å². The first-order valence-electron chi connectivity index (χ1n) is 9.98. The van der Waals surface area contributed by atoms with Gasteiger partial charge in [0, 0.05) is 30.0 Å². The minimum absolute atomic E-state index is 0.0659. The number of hydrogen-bond donors (Lipinski definition) is 2. The average molecular weight is 490 g/mol. The van der Waals surface area contributed by atoms with Gasteiger partial charge in [0.1, 0.15) is 4.90 Å². The fraction of sp³-hybridized carbons (Fsp3) is 0.182. The van der Waals surface area contributed by atoms with Gasteiger partial charge in [0.05, 0.1) is 24.5 Å². The summed E-state index contributed by atoms with van der Waals surface area (Å²) in [4.78, 5) is 24.6. The summed E-state index contributed by atoms with van der Waals surface area (Å²) in [5.41, 5.74) is 1.09. The highest BCUT2D eigenvalue weighted by Crippen LogP contribution is 2.28. The molecule has 172 valence electrons. The van der Waals surface area contributed by atoms with Gasteiger partial charge in [-0.3, -0.25) is 9.59 Å². The molecular formula is C22H20ClN3O6S. The lowest BCUT2D eigenvalue weighted by Gasteiger charge is -2.26. The van der Waals surface area contributed by atoms with E-state index >= 15 is 0 Å². The van der Waals surface area contributed by atoms with Crippen molar-refractivity contribution in [3.63, 3.8) is 0 Å². The van der Waals surface area contributed by atoms with Crippen molar-refractivity contribution >= 4 is 44.8 Å². The van der Waals surface area contributed by atoms with Crippen molar-refractivity contribution in [2.75, 3.05) is 36.9 Å². The van der Waals surface area contributed by atoms with Gasteiger partial charge in [0.15, 0.2) is 5.76 Å². The van der Waals surface area contributed by atoms with Crippen LogP contribution in [0.25, 0.3) is 0 Å². The summed E-state index contributed by atoms with van der Waals surface area (Å²) < 4.78 is 37.5. The van der Waals surface area contributed by atoms with Crippen LogP contribution in [0.15, 0.2) is 70.2 Å². The molecule has 0 unspecified atom stereocenters. The molecule has 1 fully saturated rings. The molecule has 1 aliphatic rings. The molecule has 1 saturated heterocycles. The molecule has 9 nitrogen and oxygen atoms in total. The highest BCUT2D eigenvalue weighted by molar-refractivity contribution is 7.89. The summed E-state index contributed by atoms with van der Waals surface area (Å²) in [6.45, 7) is 1.09. The van der Waals surface area contributed by atoms with Crippen molar-refractivity contribution < 1.29 is 27.2 Å². The number of carbonyl (C=O) groups is 2. The fourth-order valence-corrected chi connectivity index (χ4v) is 5.12. The first-order valence-corrected chi connectivity index (χ1v) is 11.8. The van der Waals surface area contributed by atoms with Crippen LogP contribution in [0.3, 0.4) is 0 Å². The van der Waals surface area contributed by atoms with Crippen LogP contribution < -0.4 is 10.6 Å². The van der Waals surface area contributed by atoms with E-state index in [-0.39, 0.29) is 34.5 Å². The number of nitrogens with zero attached hydrogens (tertiary/aromatic N) is 1. The summed E-state index contributed by atoms with van der Waals surface area (Å²) in [5, 5.41) is 5.40. The van der Waals surface area contributed by atoms with Gasteiger partial charge in [-0.05, 0) is 54.6 Å². The third-order valence-corrected chi connectivity index (χ3v) is 7.31. The van der Waals surface area contributed by atoms with E-state index < -0.39 is 21.8 Å². The lowest BCUT2D eigenvalue weighted by Crippen LogP contribution is -2.40. The van der Waals surface area contributed by atoms with Gasteiger partial charge in [0.25, 0.3) is 11.8 Å². The molecule has 0 saturated carbocycles. The van der Waals surface area contributed by atoms with Crippen molar-refractivity contribution in [1.29, 1.82) is 0 Å². The molecule has 0 spiro atoms. The van der Waals surface area contributed by atoms with E-state index in [4.69, 9.17) is 20.8 Å². The minimum atomic E-state index is -3.83. The van der Waals surface area contributed by atoms with Crippen LogP contribution in [0.2, 0.25) is 5.02 Å². The van der Waals surface area contributed by atoms with E-state index in [0.717, 1.165) is 0 Å². The molecule has 1 aromatic heterocycles. The zero-order chi connectivity index (χ0) is 23.4. The lowest BCUT2D eigenvalue weighted by atomic mass is 10.2. The van der Waals surface area contributed by atoms with Crippen molar-refractivity contribution in [3.05, 3.63) is 77.2 Å². The van der Waals surface area contributed by atoms with Gasteiger partial charge < -0.3 is 19.8 Å². The number of benzene rings is 2. The van der Waals surface area contributed by atoms with Crippen LogP contribution in [-0.4, -0.2) is 50.8 Å². The van der Waals surface area contributed by atoms with Crippen LogP contribution in [0.5, 0.6) is 0 Å². The third kappa shape index (κ3) is 5.25. The number of morpholine rings is 1. The highest BCUT2D eigenvalue weighted by atomic mass is 35.5. The monoisotopic (exact) mass is 489 g/mol. The summed E-state index contributed by atoms with van der Waals surface area (Å²) in [5.74, 6) is -0.689. The topological polar surface area (TPSA) is 118 Å². The first-order chi connectivity index (χ1) is 15.8. The zero-order valence-electron chi connectivity index (χ0n) is 17.3. The Morgan fingerprint density at radius 1 is 0.909 bits per heavy atom. The second-order valence-electron chi connectivity index (χ2n) is 7.12. The van der Waals surface area contributed by atoms with Crippen LogP contribution in [0.4, 0.5) is 11.4 Å². The molecule has 2 N–H and O–H groups in total. The molecular weight excluding hydrogens is 470 g/mol. The second-order valence-corrected chi connectivity index (χ2v) is 9.44. The Bertz CT molecular complexity index is 1250. The molecule has 11 heteroatoms. The third-order valence-electron chi connectivity index (χ3n) is 4.93. The van der Waals surface area contributed by atoms with E-state index in [1.165, 1.54) is 47.0 Å². The van der Waals surface area contributed by atoms with Crippen molar-refractivity contribution in [2.45, 2.75) is 4.90 Å². The fourth-order valence-electron chi connectivity index (χ4n) is 3.21. The number of sulfonamides is 1. The van der Waals surface area contributed by atoms with Gasteiger partial charge in [-0.2, -0.15) is 4.31 Å². The van der Waals surface area contributed by atoms with Gasteiger partial charge in [-0.15, -0.1) is 0 Å². The van der Waals surface area contributed by atoms with E-state index in [1.54, 1.807) is 18.2 Å². The molecule has 2 amide bonds. The maximum atomic E-state index is 13.0. The molecule has 0 bridgehead atoms. The highest BCUT2D eigenvalue weighted by Gasteiger charge is 2.28. The van der Waals surface area contributed by atoms with E-state index in [0.29, 0.717) is 24.5 Å². The van der Waals surface area contributed by atoms with Crippen molar-refractivity contribution in [1.82, 2.24) is 4.31 Å². The molecule has 3 aromatic rings. The van der Waals surface area contributed by atoms with Gasteiger partial charge in [0.2, 0.25) is 10.0 Å². The number of carbonyl (C=O) groups excluding carboxylic acids is 2. The molecule has 33 heavy (non-hydrogen) atoms. The van der Waals surface area contributed by atoms with Crippen LogP contribution in [0.1, 0.15) is 20.9 Å². The van der Waals surface area contributed by atoms with Crippen molar-refractivity contribution in [2.24, 2.45) is 0 Å². The normalized spacial score (nSPS) is 14.6. The summed E-state index contributed by atoms with van der Waals surface area (Å²) in [6.07, 6.45) is 1.40. The Hall–Kier alpha value is -3.18. The molecule has 4 rings (SSSR count). The predicted molar refractivity (Wildman–Crippen MR) is 122 cm³/mol. The maximum absolute atomic E-state index is 13.0. The largest absolute Gasteiger partial charge is 0.459 e. The van der Waals surface area contributed by atoms with E-state index in [2.05, 4.69) is 10.6 Å². The molecule has 2 aromatic carbocycles. The smallest absolute Gasteiger partial charge is 0.291 e. The van der Waals surface area contributed by atoms with Crippen LogP contribution >= 0.6 is 11.6 Å².